The maximum Gasteiger partial charge on any atom is 0.416 e. The molecule has 1 aromatic heterocycles. The van der Waals surface area contributed by atoms with Crippen molar-refractivity contribution in [2.24, 2.45) is 0 Å². The Morgan fingerprint density at radius 2 is 2.00 bits per heavy atom. The normalized spacial score (nSPS) is 14.3. The van der Waals surface area contributed by atoms with Crippen molar-refractivity contribution in [2.45, 2.75) is 19.3 Å². The van der Waals surface area contributed by atoms with E-state index in [9.17, 15) is 18.0 Å². The van der Waals surface area contributed by atoms with E-state index in [1.165, 1.54) is 29.3 Å². The molecule has 1 aliphatic rings. The van der Waals surface area contributed by atoms with Gasteiger partial charge in [-0.25, -0.2) is 9.97 Å². The lowest BCUT2D eigenvalue weighted by molar-refractivity contribution is -0.138. The van der Waals surface area contributed by atoms with Crippen LogP contribution in [-0.2, 0) is 19.3 Å². The van der Waals surface area contributed by atoms with Gasteiger partial charge in [0.05, 0.1) is 23.4 Å². The highest BCUT2D eigenvalue weighted by atomic mass is 19.4. The average molecular weight is 308 g/mol. The number of halogens is 3. The van der Waals surface area contributed by atoms with Gasteiger partial charge in [0.15, 0.2) is 0 Å². The summed E-state index contributed by atoms with van der Waals surface area (Å²) in [4.78, 5) is 21.2. The van der Waals surface area contributed by atoms with Crippen molar-refractivity contribution in [3.05, 3.63) is 52.8 Å². The first-order valence-corrected chi connectivity index (χ1v) is 6.42. The van der Waals surface area contributed by atoms with E-state index >= 15 is 0 Å². The smallest absolute Gasteiger partial charge is 0.368 e. The maximum atomic E-state index is 13.0. The van der Waals surface area contributed by atoms with Crippen LogP contribution in [0.25, 0.3) is 0 Å². The van der Waals surface area contributed by atoms with Crippen LogP contribution < -0.4 is 5.73 Å². The summed E-state index contributed by atoms with van der Waals surface area (Å²) in [6, 6.07) is 5.19. The third-order valence-electron chi connectivity index (χ3n) is 3.43. The highest BCUT2D eigenvalue weighted by Crippen LogP contribution is 2.33. The summed E-state index contributed by atoms with van der Waals surface area (Å²) in [6.07, 6.45) is -3.16. The largest absolute Gasteiger partial charge is 0.416 e. The number of nitrogen functional groups attached to an aromatic ring is 1. The van der Waals surface area contributed by atoms with Gasteiger partial charge in [-0.15, -0.1) is 0 Å². The standard InChI is InChI=1S/C14H11F3N4O/c15-14(16,17)10-4-2-1-3-8(10)6-21-7-11-9(12(21)22)5-19-13(18)20-11/h1-5H,6-7H2,(H2,18,19,20). The number of rotatable bonds is 2. The number of alkyl halides is 3. The quantitative estimate of drug-likeness (QED) is 0.923. The van der Waals surface area contributed by atoms with Crippen molar-refractivity contribution in [3.63, 3.8) is 0 Å². The van der Waals surface area contributed by atoms with Crippen LogP contribution in [0.5, 0.6) is 0 Å². The van der Waals surface area contributed by atoms with Crippen molar-refractivity contribution in [3.8, 4) is 0 Å². The molecule has 1 aromatic carbocycles. The SMILES string of the molecule is Nc1ncc2c(n1)CN(Cc1ccccc1C(F)(F)F)C2=O. The van der Waals surface area contributed by atoms with Crippen molar-refractivity contribution < 1.29 is 18.0 Å². The molecule has 114 valence electrons. The lowest BCUT2D eigenvalue weighted by Gasteiger charge is -2.19. The molecule has 22 heavy (non-hydrogen) atoms. The number of anilines is 1. The molecule has 0 saturated heterocycles. The third-order valence-corrected chi connectivity index (χ3v) is 3.43. The summed E-state index contributed by atoms with van der Waals surface area (Å²) in [6.45, 7) is -0.0299. The Balaban J connectivity index is 1.89. The summed E-state index contributed by atoms with van der Waals surface area (Å²) in [5.74, 6) is -0.365. The lowest BCUT2D eigenvalue weighted by Crippen LogP contribution is -2.25. The van der Waals surface area contributed by atoms with Gasteiger partial charge in [-0.3, -0.25) is 4.79 Å². The molecule has 2 N–H and O–H groups in total. The van der Waals surface area contributed by atoms with E-state index in [0.29, 0.717) is 5.69 Å². The molecule has 2 heterocycles. The van der Waals surface area contributed by atoms with E-state index in [1.807, 2.05) is 0 Å². The zero-order valence-corrected chi connectivity index (χ0v) is 11.3. The van der Waals surface area contributed by atoms with Crippen molar-refractivity contribution in [2.75, 3.05) is 5.73 Å². The zero-order valence-electron chi connectivity index (χ0n) is 11.3. The van der Waals surface area contributed by atoms with Crippen molar-refractivity contribution in [1.82, 2.24) is 14.9 Å². The molecule has 0 radical (unpaired) electrons. The third kappa shape index (κ3) is 2.47. The Kier molecular flexibility index (Phi) is 3.23. The van der Waals surface area contributed by atoms with Crippen molar-refractivity contribution in [1.29, 1.82) is 0 Å². The first kappa shape index (κ1) is 14.3. The molecular formula is C14H11F3N4O. The molecule has 2 aromatic rings. The minimum Gasteiger partial charge on any atom is -0.368 e. The Hall–Kier alpha value is -2.64. The molecule has 3 rings (SSSR count). The van der Waals surface area contributed by atoms with Crippen LogP contribution in [0.1, 0.15) is 27.2 Å². The molecular weight excluding hydrogens is 297 g/mol. The van der Waals surface area contributed by atoms with Gasteiger partial charge in [0.25, 0.3) is 5.91 Å². The van der Waals surface area contributed by atoms with Crippen LogP contribution in [0.3, 0.4) is 0 Å². The molecule has 0 unspecified atom stereocenters. The number of nitrogens with zero attached hydrogens (tertiary/aromatic N) is 3. The first-order valence-electron chi connectivity index (χ1n) is 6.42. The monoisotopic (exact) mass is 308 g/mol. The fourth-order valence-corrected chi connectivity index (χ4v) is 2.42. The summed E-state index contributed by atoms with van der Waals surface area (Å²) < 4.78 is 39.0. The number of aromatic nitrogens is 2. The highest BCUT2D eigenvalue weighted by Gasteiger charge is 2.35. The van der Waals surface area contributed by atoms with Gasteiger partial charge in [-0.1, -0.05) is 18.2 Å². The van der Waals surface area contributed by atoms with Crippen molar-refractivity contribution >= 4 is 11.9 Å². The molecule has 0 atom stereocenters. The molecule has 0 saturated carbocycles. The number of hydrogen-bond acceptors (Lipinski definition) is 4. The van der Waals surface area contributed by atoms with Gasteiger partial charge < -0.3 is 10.6 Å². The van der Waals surface area contributed by atoms with Crippen LogP contribution in [0.2, 0.25) is 0 Å². The average Bonchev–Trinajstić information content (AvgIpc) is 2.74. The van der Waals surface area contributed by atoms with Gasteiger partial charge in [0.2, 0.25) is 5.95 Å². The van der Waals surface area contributed by atoms with E-state index < -0.39 is 17.6 Å². The molecule has 0 fully saturated rings. The minimum absolute atomic E-state index is 0.0316. The molecule has 0 bridgehead atoms. The zero-order chi connectivity index (χ0) is 15.9. The van der Waals surface area contributed by atoms with Crippen LogP contribution in [0.15, 0.2) is 30.5 Å². The number of carbonyl (C=O) groups is 1. The van der Waals surface area contributed by atoms with E-state index in [1.54, 1.807) is 0 Å². The van der Waals surface area contributed by atoms with E-state index in [-0.39, 0.29) is 30.2 Å². The van der Waals surface area contributed by atoms with Gasteiger partial charge in [0.1, 0.15) is 0 Å². The lowest BCUT2D eigenvalue weighted by atomic mass is 10.1. The predicted molar refractivity (Wildman–Crippen MR) is 71.5 cm³/mol. The number of nitrogens with two attached hydrogens (primary N) is 1. The predicted octanol–water partition coefficient (Wildman–Crippen LogP) is 2.23. The number of benzene rings is 1. The topological polar surface area (TPSA) is 72.1 Å². The Morgan fingerprint density at radius 1 is 1.27 bits per heavy atom. The summed E-state index contributed by atoms with van der Waals surface area (Å²) >= 11 is 0. The second-order valence-corrected chi connectivity index (χ2v) is 4.90. The number of fused-ring (bicyclic) bond motifs is 1. The summed E-state index contributed by atoms with van der Waals surface area (Å²) in [5, 5.41) is 0. The van der Waals surface area contributed by atoms with Gasteiger partial charge in [-0.2, -0.15) is 13.2 Å². The molecule has 8 heteroatoms. The van der Waals surface area contributed by atoms with E-state index in [0.717, 1.165) is 6.07 Å². The van der Waals surface area contributed by atoms with E-state index in [4.69, 9.17) is 5.73 Å². The van der Waals surface area contributed by atoms with Gasteiger partial charge in [-0.05, 0) is 11.6 Å². The molecule has 0 spiro atoms. The number of amides is 1. The van der Waals surface area contributed by atoms with Gasteiger partial charge >= 0.3 is 6.18 Å². The van der Waals surface area contributed by atoms with Crippen LogP contribution in [-0.4, -0.2) is 20.8 Å². The van der Waals surface area contributed by atoms with E-state index in [2.05, 4.69) is 9.97 Å². The van der Waals surface area contributed by atoms with Gasteiger partial charge in [0, 0.05) is 12.7 Å². The summed E-state index contributed by atoms with van der Waals surface area (Å²) in [5.41, 5.74) is 5.46. The Morgan fingerprint density at radius 3 is 2.73 bits per heavy atom. The van der Waals surface area contributed by atoms with Crippen LogP contribution in [0, 0.1) is 0 Å². The molecule has 5 nitrogen and oxygen atoms in total. The Labute approximate surface area is 123 Å². The van der Waals surface area contributed by atoms with Crippen LogP contribution >= 0.6 is 0 Å². The molecule has 1 aliphatic heterocycles. The summed E-state index contributed by atoms with van der Waals surface area (Å²) in [7, 11) is 0. The fourth-order valence-electron chi connectivity index (χ4n) is 2.42. The second kappa shape index (κ2) is 4.97. The molecule has 0 aliphatic carbocycles. The second-order valence-electron chi connectivity index (χ2n) is 4.90. The number of carbonyl (C=O) groups excluding carboxylic acids is 1. The van der Waals surface area contributed by atoms with Crippen LogP contribution in [0.4, 0.5) is 19.1 Å². The number of hydrogen-bond donors (Lipinski definition) is 1. The minimum atomic E-state index is -4.46. The maximum absolute atomic E-state index is 13.0. The molecule has 1 amide bonds. The highest BCUT2D eigenvalue weighted by molar-refractivity contribution is 5.97. The Bertz CT molecular complexity index is 745. The first-order chi connectivity index (χ1) is 10.4. The fraction of sp³-hybridized carbons (Fsp3) is 0.214.